The Balaban J connectivity index is 1.94. The second-order valence-electron chi connectivity index (χ2n) is 7.24. The molecule has 0 saturated heterocycles. The zero-order valence-corrected chi connectivity index (χ0v) is 16.5. The van der Waals surface area contributed by atoms with Crippen LogP contribution < -0.4 is 0 Å². The molecule has 0 spiro atoms. The topological polar surface area (TPSA) is 63.7 Å². The normalized spacial score (nSPS) is 15.4. The number of thioether (sulfide) groups is 1. The molecule has 1 heterocycles. The van der Waals surface area contributed by atoms with Crippen LogP contribution in [-0.2, 0) is 14.3 Å². The van der Waals surface area contributed by atoms with Crippen LogP contribution >= 0.6 is 11.8 Å². The van der Waals surface area contributed by atoms with Crippen molar-refractivity contribution in [3.63, 3.8) is 0 Å². The summed E-state index contributed by atoms with van der Waals surface area (Å²) in [5, 5.41) is -0.0606. The summed E-state index contributed by atoms with van der Waals surface area (Å²) in [6.07, 6.45) is 2.37. The maximum Gasteiger partial charge on any atom is 0.355 e. The van der Waals surface area contributed by atoms with Gasteiger partial charge in [0.05, 0.1) is 0 Å². The van der Waals surface area contributed by atoms with Gasteiger partial charge in [0.1, 0.15) is 11.3 Å². The third-order valence-corrected chi connectivity index (χ3v) is 4.92. The number of ether oxygens (including phenoxy) is 1. The highest BCUT2D eigenvalue weighted by Gasteiger charge is 2.32. The van der Waals surface area contributed by atoms with Crippen LogP contribution in [0.15, 0.2) is 42.1 Å². The van der Waals surface area contributed by atoms with Gasteiger partial charge in [-0.15, -0.1) is 0 Å². The fourth-order valence-corrected chi connectivity index (χ4v) is 3.36. The van der Waals surface area contributed by atoms with Crippen molar-refractivity contribution in [2.75, 3.05) is 12.3 Å². The van der Waals surface area contributed by atoms with Crippen LogP contribution in [-0.4, -0.2) is 39.8 Å². The Morgan fingerprint density at radius 2 is 1.85 bits per heavy atom. The van der Waals surface area contributed by atoms with Crippen molar-refractivity contribution in [2.24, 2.45) is 5.92 Å². The zero-order chi connectivity index (χ0) is 19.3. The van der Waals surface area contributed by atoms with E-state index >= 15 is 0 Å². The Kier molecular flexibility index (Phi) is 6.64. The summed E-state index contributed by atoms with van der Waals surface area (Å²) < 4.78 is 5.38. The summed E-state index contributed by atoms with van der Waals surface area (Å²) in [5.41, 5.74) is 0.308. The lowest BCUT2D eigenvalue weighted by Gasteiger charge is -2.26. The number of rotatable bonds is 5. The summed E-state index contributed by atoms with van der Waals surface area (Å²) in [4.78, 5) is 38.7. The van der Waals surface area contributed by atoms with E-state index in [0.29, 0.717) is 30.0 Å². The summed E-state index contributed by atoms with van der Waals surface area (Å²) >= 11 is 1.12. The Bertz CT molecular complexity index is 706. The third-order valence-electron chi connectivity index (χ3n) is 3.75. The monoisotopic (exact) mass is 375 g/mol. The van der Waals surface area contributed by atoms with Crippen molar-refractivity contribution in [1.29, 1.82) is 0 Å². The number of benzene rings is 1. The van der Waals surface area contributed by atoms with Crippen LogP contribution in [0.4, 0.5) is 0 Å². The maximum atomic E-state index is 12.7. The van der Waals surface area contributed by atoms with Crippen LogP contribution in [0.2, 0.25) is 0 Å². The van der Waals surface area contributed by atoms with Crippen LogP contribution in [0.5, 0.6) is 0 Å². The molecule has 5 nitrogen and oxygen atoms in total. The fraction of sp³-hybridized carbons (Fsp3) is 0.450. The lowest BCUT2D eigenvalue weighted by molar-refractivity contribution is -0.154. The molecule has 6 heteroatoms. The van der Waals surface area contributed by atoms with Gasteiger partial charge in [0.2, 0.25) is 11.0 Å². The van der Waals surface area contributed by atoms with Gasteiger partial charge in [0, 0.05) is 23.8 Å². The molecular formula is C20H25NO4S. The van der Waals surface area contributed by atoms with Crippen molar-refractivity contribution in [1.82, 2.24) is 4.90 Å². The molecule has 0 radical (unpaired) electrons. The highest BCUT2D eigenvalue weighted by molar-refractivity contribution is 8.14. The fourth-order valence-electron chi connectivity index (χ4n) is 2.51. The molecular weight excluding hydrogens is 350 g/mol. The molecule has 0 N–H and O–H groups in total. The Hall–Kier alpha value is -2.08. The van der Waals surface area contributed by atoms with Gasteiger partial charge in [-0.05, 0) is 27.2 Å². The second-order valence-corrected chi connectivity index (χ2v) is 8.23. The van der Waals surface area contributed by atoms with Crippen LogP contribution in [0.3, 0.4) is 0 Å². The molecule has 0 aliphatic carbocycles. The number of nitrogens with zero attached hydrogens (tertiary/aromatic N) is 1. The van der Waals surface area contributed by atoms with Gasteiger partial charge < -0.3 is 9.64 Å². The van der Waals surface area contributed by atoms with Gasteiger partial charge in [-0.3, -0.25) is 9.59 Å². The third kappa shape index (κ3) is 5.46. The minimum Gasteiger partial charge on any atom is -0.455 e. The minimum absolute atomic E-state index is 0.0606. The quantitative estimate of drug-likeness (QED) is 0.735. The molecule has 1 unspecified atom stereocenters. The average Bonchev–Trinajstić information content (AvgIpc) is 3.07. The molecule has 0 bridgehead atoms. The van der Waals surface area contributed by atoms with Crippen LogP contribution in [0, 0.1) is 5.92 Å². The predicted octanol–water partition coefficient (Wildman–Crippen LogP) is 3.65. The second kappa shape index (κ2) is 8.54. The Labute approximate surface area is 158 Å². The highest BCUT2D eigenvalue weighted by atomic mass is 32.2. The van der Waals surface area contributed by atoms with E-state index in [-0.39, 0.29) is 16.9 Å². The molecule has 26 heavy (non-hydrogen) atoms. The van der Waals surface area contributed by atoms with E-state index in [4.69, 9.17) is 4.74 Å². The maximum absolute atomic E-state index is 12.7. The molecule has 1 atom stereocenters. The molecule has 1 aromatic rings. The van der Waals surface area contributed by atoms with Gasteiger partial charge in [0.15, 0.2) is 0 Å². The van der Waals surface area contributed by atoms with Gasteiger partial charge in [-0.25, -0.2) is 4.79 Å². The molecule has 0 saturated carbocycles. The smallest absolute Gasteiger partial charge is 0.355 e. The summed E-state index contributed by atoms with van der Waals surface area (Å²) in [6, 6.07) is 8.98. The minimum atomic E-state index is -0.612. The highest BCUT2D eigenvalue weighted by Crippen LogP contribution is 2.24. The summed E-state index contributed by atoms with van der Waals surface area (Å²) in [7, 11) is 0. The molecule has 1 aromatic carbocycles. The van der Waals surface area contributed by atoms with Crippen molar-refractivity contribution >= 4 is 28.8 Å². The molecule has 0 fully saturated rings. The number of hydrogen-bond acceptors (Lipinski definition) is 5. The SMILES string of the molecule is CC(CSC(=O)c1ccccc1)C(=O)N1CCC=C1C(=O)OC(C)(C)C. The lowest BCUT2D eigenvalue weighted by Crippen LogP contribution is -2.38. The summed E-state index contributed by atoms with van der Waals surface area (Å²) in [5.74, 6) is -0.655. The first-order valence-corrected chi connectivity index (χ1v) is 9.64. The average molecular weight is 375 g/mol. The van der Waals surface area contributed by atoms with Gasteiger partial charge >= 0.3 is 5.97 Å². The molecule has 1 amide bonds. The van der Waals surface area contributed by atoms with Crippen LogP contribution in [0.1, 0.15) is 44.5 Å². The van der Waals surface area contributed by atoms with Crippen LogP contribution in [0.25, 0.3) is 0 Å². The Morgan fingerprint density at radius 1 is 1.19 bits per heavy atom. The molecule has 140 valence electrons. The first-order valence-electron chi connectivity index (χ1n) is 8.66. The van der Waals surface area contributed by atoms with Crippen molar-refractivity contribution in [3.8, 4) is 0 Å². The Morgan fingerprint density at radius 3 is 2.46 bits per heavy atom. The van der Waals surface area contributed by atoms with E-state index < -0.39 is 11.6 Å². The van der Waals surface area contributed by atoms with Crippen molar-refractivity contribution in [2.45, 2.75) is 39.7 Å². The number of esters is 1. The van der Waals surface area contributed by atoms with Gasteiger partial charge in [-0.2, -0.15) is 0 Å². The largest absolute Gasteiger partial charge is 0.455 e. The predicted molar refractivity (Wildman–Crippen MR) is 103 cm³/mol. The first kappa shape index (κ1) is 20.2. The number of carbonyl (C=O) groups excluding carboxylic acids is 3. The standard InChI is InChI=1S/C20H25NO4S/c1-14(13-26-19(24)15-9-6-5-7-10-15)17(22)21-12-8-11-16(21)18(23)25-20(2,3)4/h5-7,9-11,14H,8,12-13H2,1-4H3. The van der Waals surface area contributed by atoms with Crippen molar-refractivity contribution in [3.05, 3.63) is 47.7 Å². The zero-order valence-electron chi connectivity index (χ0n) is 15.7. The van der Waals surface area contributed by atoms with E-state index in [1.165, 1.54) is 4.90 Å². The van der Waals surface area contributed by atoms with E-state index in [2.05, 4.69) is 0 Å². The van der Waals surface area contributed by atoms with Gasteiger partial charge in [0.25, 0.3) is 0 Å². The van der Waals surface area contributed by atoms with E-state index in [1.54, 1.807) is 45.9 Å². The molecule has 1 aliphatic heterocycles. The number of amides is 1. The van der Waals surface area contributed by atoms with E-state index in [9.17, 15) is 14.4 Å². The van der Waals surface area contributed by atoms with E-state index in [1.807, 2.05) is 18.2 Å². The lowest BCUT2D eigenvalue weighted by atomic mass is 10.1. The van der Waals surface area contributed by atoms with Gasteiger partial charge in [-0.1, -0.05) is 55.1 Å². The molecule has 2 rings (SSSR count). The van der Waals surface area contributed by atoms with E-state index in [0.717, 1.165) is 11.8 Å². The van der Waals surface area contributed by atoms with Crippen molar-refractivity contribution < 1.29 is 19.1 Å². The first-order chi connectivity index (χ1) is 12.2. The summed E-state index contributed by atoms with van der Waals surface area (Å²) in [6.45, 7) is 7.62. The molecule has 0 aromatic heterocycles. The number of hydrogen-bond donors (Lipinski definition) is 0. The number of carbonyl (C=O) groups is 3. The molecule has 1 aliphatic rings.